The van der Waals surface area contributed by atoms with Crippen molar-refractivity contribution in [2.24, 2.45) is 0 Å². The highest BCUT2D eigenvalue weighted by molar-refractivity contribution is 5.78. The molecule has 0 unspecified atom stereocenters. The molecule has 0 bridgehead atoms. The number of hydrogen-bond donors (Lipinski definition) is 1. The van der Waals surface area contributed by atoms with E-state index >= 15 is 0 Å². The van der Waals surface area contributed by atoms with Gasteiger partial charge in [0.05, 0.1) is 0 Å². The first-order valence-electron chi connectivity index (χ1n) is 10.7. The number of alkyl halides is 33. The van der Waals surface area contributed by atoms with Crippen LogP contribution in [-0.2, 0) is 4.79 Å². The fraction of sp³-hybridized carbons (Fsp3) is 0.941. The first kappa shape index (κ1) is 49.2. The van der Waals surface area contributed by atoms with Gasteiger partial charge in [0, 0.05) is 0 Å². The molecule has 0 aliphatic rings. The quantitative estimate of drug-likeness (QED) is 0.177. The number of carbonyl (C=O) groups is 1. The fourth-order valence-corrected chi connectivity index (χ4v) is 3.10. The summed E-state index contributed by atoms with van der Waals surface area (Å²) < 4.78 is 443. The maximum Gasteiger partial charge on any atom is 0.460 e. The van der Waals surface area contributed by atoms with Crippen LogP contribution in [0.3, 0.4) is 0 Å². The zero-order valence-electron chi connectivity index (χ0n) is 21.8. The molecule has 52 heavy (non-hydrogen) atoms. The molecule has 0 fully saturated rings. The molecule has 0 aliphatic carbocycles. The molecule has 0 aliphatic heterocycles. The third kappa shape index (κ3) is 5.26. The minimum Gasteiger partial charge on any atom is -0.477 e. The van der Waals surface area contributed by atoms with Crippen molar-refractivity contribution in [1.82, 2.24) is 0 Å². The Balaban J connectivity index is 8.48. The summed E-state index contributed by atoms with van der Waals surface area (Å²) >= 11 is 0. The summed E-state index contributed by atoms with van der Waals surface area (Å²) in [6, 6.07) is 0. The van der Waals surface area contributed by atoms with Crippen molar-refractivity contribution >= 4 is 5.97 Å². The number of rotatable bonds is 14. The maximum atomic E-state index is 14.9. The zero-order chi connectivity index (χ0) is 43.6. The van der Waals surface area contributed by atoms with E-state index in [0.717, 1.165) is 0 Å². The van der Waals surface area contributed by atoms with Crippen LogP contribution in [0.25, 0.3) is 0 Å². The Morgan fingerprint density at radius 1 is 0.250 bits per heavy atom. The summed E-state index contributed by atoms with van der Waals surface area (Å²) in [6.07, 6.45) is -17.0. The van der Waals surface area contributed by atoms with Gasteiger partial charge in [0.1, 0.15) is 0 Å². The van der Waals surface area contributed by atoms with Crippen LogP contribution in [-0.4, -0.2) is 106 Å². The largest absolute Gasteiger partial charge is 0.477 e. The number of carboxylic acids is 1. The molecule has 0 amide bonds. The molecule has 0 heterocycles. The minimum absolute atomic E-state index is 5.76. The normalized spacial score (nSPS) is 17.1. The van der Waals surface area contributed by atoms with E-state index < -0.39 is 101 Å². The highest BCUT2D eigenvalue weighted by Crippen LogP contribution is 2.71. The first-order valence-corrected chi connectivity index (χ1v) is 10.7. The van der Waals surface area contributed by atoms with Gasteiger partial charge in [-0.25, -0.2) is 9.18 Å². The van der Waals surface area contributed by atoms with Crippen molar-refractivity contribution in [3.63, 3.8) is 0 Å². The summed E-state index contributed by atoms with van der Waals surface area (Å²) in [6.45, 7) is 0. The van der Waals surface area contributed by atoms with E-state index in [1.54, 1.807) is 0 Å². The van der Waals surface area contributed by atoms with Crippen molar-refractivity contribution in [2.75, 3.05) is 0 Å². The van der Waals surface area contributed by atoms with Gasteiger partial charge in [-0.3, -0.25) is 0 Å². The number of halogens is 33. The SMILES string of the molecule is O=C(O)C(F)(F)C(F)(C(F)(F)C(F)(F)C(F)(F)C(F)(F)C(F)(F)C(F)(F)C(F)(F)F)C(F)(F)C(F)(F)C(F)(F)C(F)(F)C(F)(F)C(F)(F)C(F)(F)F. The van der Waals surface area contributed by atoms with Crippen LogP contribution in [0.1, 0.15) is 0 Å². The minimum atomic E-state index is -10.6. The average Bonchev–Trinajstić information content (AvgIpc) is 2.89. The molecule has 0 spiro atoms. The Morgan fingerprint density at radius 2 is 0.385 bits per heavy atom. The molecule has 1 N–H and O–H groups in total. The third-order valence-corrected chi connectivity index (χ3v) is 6.22. The van der Waals surface area contributed by atoms with E-state index in [-0.39, 0.29) is 0 Å². The summed E-state index contributed by atoms with van der Waals surface area (Å²) in [5.41, 5.74) is -10.6. The van der Waals surface area contributed by atoms with E-state index in [4.69, 9.17) is 5.11 Å². The van der Waals surface area contributed by atoms with Gasteiger partial charge in [-0.15, -0.1) is 0 Å². The van der Waals surface area contributed by atoms with E-state index in [1.165, 1.54) is 0 Å². The molecule has 0 aromatic heterocycles. The Hall–Kier alpha value is -2.84. The molecule has 35 heteroatoms. The van der Waals surface area contributed by atoms with Crippen molar-refractivity contribution in [2.45, 2.75) is 95.0 Å². The lowest BCUT2D eigenvalue weighted by atomic mass is 9.73. The predicted molar refractivity (Wildman–Crippen MR) is 87.9 cm³/mol. The molecule has 312 valence electrons. The topological polar surface area (TPSA) is 37.3 Å². The summed E-state index contributed by atoms with van der Waals surface area (Å²) in [5, 5.41) is 7.91. The Labute approximate surface area is 257 Å². The van der Waals surface area contributed by atoms with Gasteiger partial charge in [-0.1, -0.05) is 0 Å². The van der Waals surface area contributed by atoms with E-state index in [2.05, 4.69) is 0 Å². The Bertz CT molecular complexity index is 1260. The monoisotopic (exact) mass is 864 g/mol. The second kappa shape index (κ2) is 11.6. The van der Waals surface area contributed by atoms with Gasteiger partial charge < -0.3 is 5.11 Å². The van der Waals surface area contributed by atoms with Gasteiger partial charge in [0.2, 0.25) is 0 Å². The lowest BCUT2D eigenvalue weighted by molar-refractivity contribution is -0.488. The standard InChI is InChI=1S/C17HF33O2/c18-2(19,1(51)52)3(20,4(21,22)6(25,26)8(29,30)10(33,34)12(37,38)14(41,42)16(45,46)47)5(23,24)7(27,28)9(31,32)11(35,36)13(39,40)15(43,44)17(48,49)50/h(H,51,52). The second-order valence-corrected chi connectivity index (χ2v) is 9.43. The first-order chi connectivity index (χ1) is 21.7. The predicted octanol–water partition coefficient (Wildman–Crippen LogP) is 10.2. The summed E-state index contributed by atoms with van der Waals surface area (Å²) in [4.78, 5) is 10.4. The van der Waals surface area contributed by atoms with Crippen LogP contribution in [0.4, 0.5) is 145 Å². The van der Waals surface area contributed by atoms with Crippen LogP contribution >= 0.6 is 0 Å². The van der Waals surface area contributed by atoms with E-state index in [1.807, 2.05) is 0 Å². The molecular formula is C17HF33O2. The van der Waals surface area contributed by atoms with Gasteiger partial charge in [-0.05, 0) is 0 Å². The van der Waals surface area contributed by atoms with E-state index in [0.29, 0.717) is 0 Å². The Morgan fingerprint density at radius 3 is 0.519 bits per heavy atom. The van der Waals surface area contributed by atoms with Crippen molar-refractivity contribution in [1.29, 1.82) is 0 Å². The lowest BCUT2D eigenvalue weighted by Crippen LogP contribution is -2.84. The molecule has 0 saturated heterocycles. The lowest BCUT2D eigenvalue weighted by Gasteiger charge is -2.50. The number of hydrogen-bond acceptors (Lipinski definition) is 1. The second-order valence-electron chi connectivity index (χ2n) is 9.43. The van der Waals surface area contributed by atoms with Crippen LogP contribution in [0, 0.1) is 0 Å². The zero-order valence-corrected chi connectivity index (χ0v) is 21.8. The molecular weight excluding hydrogens is 863 g/mol. The molecule has 0 aromatic rings. The average molecular weight is 864 g/mol. The third-order valence-electron chi connectivity index (χ3n) is 6.22. The Kier molecular flexibility index (Phi) is 11.0. The number of carboxylic acid groups (broad SMARTS) is 1. The van der Waals surface area contributed by atoms with Gasteiger partial charge >= 0.3 is 101 Å². The molecule has 0 rings (SSSR count). The van der Waals surface area contributed by atoms with Crippen LogP contribution < -0.4 is 0 Å². The summed E-state index contributed by atoms with van der Waals surface area (Å²) in [5.74, 6) is -135. The van der Waals surface area contributed by atoms with Gasteiger partial charge in [0.15, 0.2) is 0 Å². The highest BCUT2D eigenvalue weighted by atomic mass is 19.4. The fourth-order valence-electron chi connectivity index (χ4n) is 3.10. The smallest absolute Gasteiger partial charge is 0.460 e. The molecule has 0 radical (unpaired) electrons. The van der Waals surface area contributed by atoms with Crippen LogP contribution in [0.2, 0.25) is 0 Å². The molecule has 2 nitrogen and oxygen atoms in total. The molecule has 0 saturated carbocycles. The number of aliphatic carboxylic acids is 1. The summed E-state index contributed by atoms with van der Waals surface area (Å²) in [7, 11) is 0. The maximum absolute atomic E-state index is 14.9. The van der Waals surface area contributed by atoms with Gasteiger partial charge in [-0.2, -0.15) is 140 Å². The van der Waals surface area contributed by atoms with Crippen LogP contribution in [0.15, 0.2) is 0 Å². The van der Waals surface area contributed by atoms with E-state index in [9.17, 15) is 150 Å². The van der Waals surface area contributed by atoms with Gasteiger partial charge in [0.25, 0.3) is 0 Å². The van der Waals surface area contributed by atoms with Crippen LogP contribution in [0.5, 0.6) is 0 Å². The van der Waals surface area contributed by atoms with Crippen molar-refractivity contribution in [3.8, 4) is 0 Å². The molecule has 0 aromatic carbocycles. The molecule has 0 atom stereocenters. The van der Waals surface area contributed by atoms with Crippen molar-refractivity contribution < 1.29 is 155 Å². The highest BCUT2D eigenvalue weighted by Gasteiger charge is 3.04. The van der Waals surface area contributed by atoms with Crippen molar-refractivity contribution in [3.05, 3.63) is 0 Å².